The zero-order chi connectivity index (χ0) is 17.8. The minimum Gasteiger partial charge on any atom is -0.485 e. The Morgan fingerprint density at radius 2 is 1.76 bits per heavy atom. The molecular weight excluding hydrogens is 356 g/mol. The summed E-state index contributed by atoms with van der Waals surface area (Å²) in [5, 5.41) is 9.66. The second-order valence-corrected chi connectivity index (χ2v) is 7.07. The SMILES string of the molecule is Cc1cccc(C)c1OCc1nnc(SCc2ccc(Cl)cc2)n1N. The first-order chi connectivity index (χ1) is 12.0. The van der Waals surface area contributed by atoms with Crippen molar-refractivity contribution in [2.45, 2.75) is 31.4 Å². The van der Waals surface area contributed by atoms with Gasteiger partial charge in [-0.1, -0.05) is 53.7 Å². The van der Waals surface area contributed by atoms with Gasteiger partial charge in [-0.05, 0) is 42.7 Å². The number of hydrogen-bond donors (Lipinski definition) is 1. The van der Waals surface area contributed by atoms with Crippen LogP contribution in [0.4, 0.5) is 0 Å². The molecule has 0 aliphatic rings. The number of aromatic nitrogens is 3. The first-order valence-electron chi connectivity index (χ1n) is 7.80. The van der Waals surface area contributed by atoms with Gasteiger partial charge in [0.15, 0.2) is 5.82 Å². The second kappa shape index (κ2) is 7.80. The van der Waals surface area contributed by atoms with Crippen molar-refractivity contribution in [3.63, 3.8) is 0 Å². The molecule has 0 aliphatic heterocycles. The molecule has 5 nitrogen and oxygen atoms in total. The molecule has 0 aliphatic carbocycles. The van der Waals surface area contributed by atoms with Gasteiger partial charge in [0.1, 0.15) is 12.4 Å². The molecule has 3 rings (SSSR count). The average molecular weight is 375 g/mol. The van der Waals surface area contributed by atoms with Gasteiger partial charge in [0, 0.05) is 10.8 Å². The summed E-state index contributed by atoms with van der Waals surface area (Å²) in [6.07, 6.45) is 0. The van der Waals surface area contributed by atoms with Crippen molar-refractivity contribution in [3.8, 4) is 5.75 Å². The van der Waals surface area contributed by atoms with E-state index in [-0.39, 0.29) is 6.61 Å². The van der Waals surface area contributed by atoms with Crippen LogP contribution in [0.15, 0.2) is 47.6 Å². The van der Waals surface area contributed by atoms with Crippen molar-refractivity contribution in [1.82, 2.24) is 14.9 Å². The molecule has 7 heteroatoms. The molecule has 0 unspecified atom stereocenters. The minimum atomic E-state index is 0.275. The number of nitrogens with two attached hydrogens (primary N) is 1. The van der Waals surface area contributed by atoms with E-state index in [1.165, 1.54) is 16.4 Å². The quantitative estimate of drug-likeness (QED) is 0.519. The Bertz CT molecular complexity index is 844. The van der Waals surface area contributed by atoms with E-state index in [0.29, 0.717) is 11.0 Å². The molecule has 2 aromatic carbocycles. The highest BCUT2D eigenvalue weighted by atomic mass is 35.5. The van der Waals surface area contributed by atoms with Gasteiger partial charge in [0.05, 0.1) is 0 Å². The van der Waals surface area contributed by atoms with Crippen LogP contribution >= 0.6 is 23.4 Å². The zero-order valence-electron chi connectivity index (χ0n) is 14.1. The molecule has 0 atom stereocenters. The van der Waals surface area contributed by atoms with E-state index in [9.17, 15) is 0 Å². The number of rotatable bonds is 6. The lowest BCUT2D eigenvalue weighted by molar-refractivity contribution is 0.288. The van der Waals surface area contributed by atoms with E-state index in [1.54, 1.807) is 0 Å². The van der Waals surface area contributed by atoms with Crippen LogP contribution in [0.3, 0.4) is 0 Å². The van der Waals surface area contributed by atoms with E-state index in [1.807, 2.05) is 56.3 Å². The van der Waals surface area contributed by atoms with Crippen molar-refractivity contribution in [3.05, 3.63) is 70.0 Å². The monoisotopic (exact) mass is 374 g/mol. The highest BCUT2D eigenvalue weighted by molar-refractivity contribution is 7.98. The van der Waals surface area contributed by atoms with Crippen LogP contribution in [0.5, 0.6) is 5.75 Å². The fourth-order valence-corrected chi connectivity index (χ4v) is 3.35. The van der Waals surface area contributed by atoms with Gasteiger partial charge in [0.25, 0.3) is 0 Å². The van der Waals surface area contributed by atoms with E-state index in [0.717, 1.165) is 33.2 Å². The van der Waals surface area contributed by atoms with E-state index in [4.69, 9.17) is 22.2 Å². The molecule has 25 heavy (non-hydrogen) atoms. The van der Waals surface area contributed by atoms with Crippen molar-refractivity contribution in [2.24, 2.45) is 0 Å². The standard InChI is InChI=1S/C18H19ClN4OS/c1-12-4-3-5-13(2)17(12)24-10-16-21-22-18(23(16)20)25-11-14-6-8-15(19)9-7-14/h3-9H,10-11,20H2,1-2H3. The molecule has 0 saturated heterocycles. The number of aryl methyl sites for hydroxylation is 2. The molecule has 0 spiro atoms. The normalized spacial score (nSPS) is 10.8. The topological polar surface area (TPSA) is 66.0 Å². The van der Waals surface area contributed by atoms with Gasteiger partial charge in [0.2, 0.25) is 5.16 Å². The summed E-state index contributed by atoms with van der Waals surface area (Å²) in [7, 11) is 0. The number of para-hydroxylation sites is 1. The largest absolute Gasteiger partial charge is 0.485 e. The van der Waals surface area contributed by atoms with Crippen LogP contribution in [0.1, 0.15) is 22.5 Å². The van der Waals surface area contributed by atoms with Gasteiger partial charge < -0.3 is 10.6 Å². The van der Waals surface area contributed by atoms with Crippen molar-refractivity contribution in [1.29, 1.82) is 0 Å². The summed E-state index contributed by atoms with van der Waals surface area (Å²) >= 11 is 7.42. The fraction of sp³-hybridized carbons (Fsp3) is 0.222. The van der Waals surface area contributed by atoms with Crippen LogP contribution in [-0.2, 0) is 12.4 Å². The molecule has 1 aromatic heterocycles. The maximum absolute atomic E-state index is 6.10. The number of benzene rings is 2. The maximum Gasteiger partial charge on any atom is 0.210 e. The van der Waals surface area contributed by atoms with Crippen LogP contribution < -0.4 is 10.6 Å². The first-order valence-corrected chi connectivity index (χ1v) is 9.16. The van der Waals surface area contributed by atoms with E-state index in [2.05, 4.69) is 10.2 Å². The van der Waals surface area contributed by atoms with E-state index < -0.39 is 0 Å². The number of nitrogen functional groups attached to an aromatic ring is 1. The Kier molecular flexibility index (Phi) is 5.50. The van der Waals surface area contributed by atoms with Crippen LogP contribution in [0, 0.1) is 13.8 Å². The Morgan fingerprint density at radius 3 is 2.44 bits per heavy atom. The highest BCUT2D eigenvalue weighted by Crippen LogP contribution is 2.24. The van der Waals surface area contributed by atoms with Crippen molar-refractivity contribution >= 4 is 23.4 Å². The molecule has 0 saturated carbocycles. The molecule has 3 aromatic rings. The Morgan fingerprint density at radius 1 is 1.08 bits per heavy atom. The summed E-state index contributed by atoms with van der Waals surface area (Å²) < 4.78 is 7.38. The predicted octanol–water partition coefficient (Wildman–Crippen LogP) is 4.13. The molecule has 130 valence electrons. The summed E-state index contributed by atoms with van der Waals surface area (Å²) in [4.78, 5) is 0. The van der Waals surface area contributed by atoms with Crippen LogP contribution in [-0.4, -0.2) is 14.9 Å². The smallest absolute Gasteiger partial charge is 0.210 e. The lowest BCUT2D eigenvalue weighted by Crippen LogP contribution is -2.16. The zero-order valence-corrected chi connectivity index (χ0v) is 15.6. The second-order valence-electron chi connectivity index (χ2n) is 5.69. The van der Waals surface area contributed by atoms with E-state index >= 15 is 0 Å². The Balaban J connectivity index is 1.64. The van der Waals surface area contributed by atoms with Crippen LogP contribution in [0.25, 0.3) is 0 Å². The third-order valence-electron chi connectivity index (χ3n) is 3.77. The van der Waals surface area contributed by atoms with Gasteiger partial charge in [-0.15, -0.1) is 10.2 Å². The third-order valence-corrected chi connectivity index (χ3v) is 5.04. The molecule has 0 bridgehead atoms. The number of thioether (sulfide) groups is 1. The van der Waals surface area contributed by atoms with Crippen molar-refractivity contribution < 1.29 is 4.74 Å². The Hall–Kier alpha value is -2.18. The lowest BCUT2D eigenvalue weighted by Gasteiger charge is -2.11. The fourth-order valence-electron chi connectivity index (χ4n) is 2.40. The molecule has 2 N–H and O–H groups in total. The van der Waals surface area contributed by atoms with Gasteiger partial charge in [-0.2, -0.15) is 0 Å². The summed E-state index contributed by atoms with van der Waals surface area (Å²) in [5.41, 5.74) is 3.31. The predicted molar refractivity (Wildman–Crippen MR) is 101 cm³/mol. The summed E-state index contributed by atoms with van der Waals surface area (Å²) in [6.45, 7) is 4.31. The summed E-state index contributed by atoms with van der Waals surface area (Å²) in [6, 6.07) is 13.7. The Labute approximate surface area is 156 Å². The number of hydrogen-bond acceptors (Lipinski definition) is 5. The molecule has 1 heterocycles. The number of halogens is 1. The highest BCUT2D eigenvalue weighted by Gasteiger charge is 2.12. The average Bonchev–Trinajstić information content (AvgIpc) is 2.94. The molecule has 0 amide bonds. The maximum atomic E-state index is 6.10. The van der Waals surface area contributed by atoms with Gasteiger partial charge in [-0.25, -0.2) is 4.68 Å². The molecule has 0 fully saturated rings. The van der Waals surface area contributed by atoms with Gasteiger partial charge in [-0.3, -0.25) is 0 Å². The summed E-state index contributed by atoms with van der Waals surface area (Å²) in [5.74, 6) is 8.29. The third kappa shape index (κ3) is 4.27. The van der Waals surface area contributed by atoms with Crippen molar-refractivity contribution in [2.75, 3.05) is 5.84 Å². The molecule has 0 radical (unpaired) electrons. The first kappa shape index (κ1) is 17.6. The van der Waals surface area contributed by atoms with Crippen LogP contribution in [0.2, 0.25) is 5.02 Å². The number of ether oxygens (including phenoxy) is 1. The van der Waals surface area contributed by atoms with Gasteiger partial charge >= 0.3 is 0 Å². The lowest BCUT2D eigenvalue weighted by atomic mass is 10.1. The minimum absolute atomic E-state index is 0.275. The number of nitrogens with zero attached hydrogens (tertiary/aromatic N) is 3. The molecular formula is C18H19ClN4OS.